The number of Topliss-reactive ketones (excluding diaryl/α,β-unsaturated/α-hetero) is 1. The van der Waals surface area contributed by atoms with E-state index in [1.165, 1.54) is 55.4 Å². The normalized spacial score (nSPS) is 22.5. The van der Waals surface area contributed by atoms with Crippen molar-refractivity contribution in [2.75, 3.05) is 13.1 Å². The Hall–Kier alpha value is -1.74. The molecular weight excluding hydrogens is 332 g/mol. The predicted octanol–water partition coefficient (Wildman–Crippen LogP) is 5.12. The van der Waals surface area contributed by atoms with Crippen LogP contribution in [-0.2, 0) is 11.2 Å². The number of pyridine rings is 1. The van der Waals surface area contributed by atoms with Gasteiger partial charge in [0, 0.05) is 35.5 Å². The second-order valence-electron chi connectivity index (χ2n) is 8.70. The van der Waals surface area contributed by atoms with Gasteiger partial charge in [0.25, 0.3) is 0 Å². The zero-order valence-electron chi connectivity index (χ0n) is 16.8. The molecule has 0 amide bonds. The molecule has 3 fully saturated rings. The highest BCUT2D eigenvalue weighted by molar-refractivity contribution is 5.80. The maximum Gasteiger partial charge on any atom is 0.132 e. The van der Waals surface area contributed by atoms with Crippen molar-refractivity contribution in [1.82, 2.24) is 9.88 Å². The van der Waals surface area contributed by atoms with Gasteiger partial charge in [-0.25, -0.2) is 0 Å². The van der Waals surface area contributed by atoms with Gasteiger partial charge in [-0.05, 0) is 89.1 Å². The molecule has 5 rings (SSSR count). The molecule has 3 aliphatic rings. The molecule has 2 heterocycles. The van der Waals surface area contributed by atoms with Crippen LogP contribution in [0.1, 0.15) is 69.5 Å². The quantitative estimate of drug-likeness (QED) is 0.738. The molecule has 2 aromatic rings. The molecule has 0 spiro atoms. The van der Waals surface area contributed by atoms with Crippen molar-refractivity contribution in [3.63, 3.8) is 0 Å². The summed E-state index contributed by atoms with van der Waals surface area (Å²) in [6.07, 6.45) is 8.84. The summed E-state index contributed by atoms with van der Waals surface area (Å²) >= 11 is 0. The van der Waals surface area contributed by atoms with Gasteiger partial charge in [0.2, 0.25) is 0 Å². The van der Waals surface area contributed by atoms with Crippen LogP contribution in [-0.4, -0.2) is 34.8 Å². The molecular formula is C24H32N2O. The number of fused-ring (bicyclic) bond motifs is 1. The molecule has 0 unspecified atom stereocenters. The van der Waals surface area contributed by atoms with Crippen LogP contribution in [0.5, 0.6) is 0 Å². The summed E-state index contributed by atoms with van der Waals surface area (Å²) < 4.78 is 0. The van der Waals surface area contributed by atoms with Crippen molar-refractivity contribution in [2.24, 2.45) is 5.92 Å². The minimum Gasteiger partial charge on any atom is -0.300 e. The molecule has 2 aliphatic carbocycles. The number of benzene rings is 1. The van der Waals surface area contributed by atoms with Gasteiger partial charge >= 0.3 is 0 Å². The maximum atomic E-state index is 10.2. The van der Waals surface area contributed by atoms with E-state index in [9.17, 15) is 4.79 Å². The monoisotopic (exact) mass is 364 g/mol. The third-order valence-electron chi connectivity index (χ3n) is 6.30. The summed E-state index contributed by atoms with van der Waals surface area (Å²) in [6, 6.07) is 12.1. The van der Waals surface area contributed by atoms with Gasteiger partial charge in [-0.15, -0.1) is 0 Å². The average molecular weight is 365 g/mol. The molecule has 3 nitrogen and oxygen atoms in total. The number of carbonyl (C=O) groups is 1. The van der Waals surface area contributed by atoms with Crippen molar-refractivity contribution in [3.8, 4) is 0 Å². The molecule has 27 heavy (non-hydrogen) atoms. The highest BCUT2D eigenvalue weighted by Gasteiger charge is 2.25. The number of carbonyl (C=O) groups excluding carboxylic acids is 1. The van der Waals surface area contributed by atoms with Gasteiger partial charge in [-0.1, -0.05) is 12.1 Å². The van der Waals surface area contributed by atoms with E-state index in [4.69, 9.17) is 4.98 Å². The summed E-state index contributed by atoms with van der Waals surface area (Å²) in [6.45, 7) is 6.50. The average Bonchev–Trinajstić information content (AvgIpc) is 3.57. The van der Waals surface area contributed by atoms with Crippen LogP contribution in [0.15, 0.2) is 30.3 Å². The van der Waals surface area contributed by atoms with Crippen molar-refractivity contribution in [2.45, 2.75) is 70.8 Å². The van der Waals surface area contributed by atoms with E-state index in [2.05, 4.69) is 42.2 Å². The van der Waals surface area contributed by atoms with Gasteiger partial charge in [-0.2, -0.15) is 0 Å². The molecule has 0 N–H and O–H groups in total. The number of ketones is 1. The number of likely N-dealkylation sites (tertiary alicyclic amines) is 1. The summed E-state index contributed by atoms with van der Waals surface area (Å²) in [4.78, 5) is 17.6. The standard InChI is InChI=1S/C19H24N2.C5H8O/c1-14-3-2-11-21(14)12-10-15-4-8-19-17(13-15)7-9-18(20-19)16-5-6-16;1-4(6)5-2-3-5/h4,7-9,13-14,16H,2-3,5-6,10-12H2,1H3;5H,2-3H2,1H3/t14-;/m1./s1. The lowest BCUT2D eigenvalue weighted by Gasteiger charge is -2.20. The van der Waals surface area contributed by atoms with E-state index in [-0.39, 0.29) is 0 Å². The van der Waals surface area contributed by atoms with Crippen molar-refractivity contribution in [3.05, 3.63) is 41.6 Å². The molecule has 1 saturated heterocycles. The number of hydrogen-bond acceptors (Lipinski definition) is 3. The number of hydrogen-bond donors (Lipinski definition) is 0. The van der Waals surface area contributed by atoms with Crippen LogP contribution >= 0.6 is 0 Å². The zero-order chi connectivity index (χ0) is 18.8. The smallest absolute Gasteiger partial charge is 0.132 e. The summed E-state index contributed by atoms with van der Waals surface area (Å²) in [5.74, 6) is 1.57. The Morgan fingerprint density at radius 1 is 1.11 bits per heavy atom. The third kappa shape index (κ3) is 4.95. The van der Waals surface area contributed by atoms with Gasteiger partial charge in [-0.3, -0.25) is 9.78 Å². The first-order valence-electron chi connectivity index (χ1n) is 10.7. The first-order chi connectivity index (χ1) is 13.1. The Labute approximate surface area is 163 Å². The molecule has 144 valence electrons. The molecule has 1 aromatic heterocycles. The van der Waals surface area contributed by atoms with Crippen LogP contribution in [0.25, 0.3) is 10.9 Å². The second kappa shape index (κ2) is 8.10. The predicted molar refractivity (Wildman–Crippen MR) is 111 cm³/mol. The third-order valence-corrected chi connectivity index (χ3v) is 6.30. The zero-order valence-corrected chi connectivity index (χ0v) is 16.8. The van der Waals surface area contributed by atoms with Crippen LogP contribution in [0.3, 0.4) is 0 Å². The SMILES string of the molecule is CC(=O)C1CC1.C[C@@H]1CCCN1CCc1ccc2nc(C3CC3)ccc2c1. The Balaban J connectivity index is 0.000000257. The maximum absolute atomic E-state index is 10.2. The first-order valence-corrected chi connectivity index (χ1v) is 10.7. The molecule has 1 aliphatic heterocycles. The van der Waals surface area contributed by atoms with Gasteiger partial charge in [0.15, 0.2) is 0 Å². The molecule has 1 aromatic carbocycles. The molecule has 3 heteroatoms. The molecule has 0 bridgehead atoms. The largest absolute Gasteiger partial charge is 0.300 e. The van der Waals surface area contributed by atoms with Crippen LogP contribution in [0.4, 0.5) is 0 Å². The Kier molecular flexibility index (Phi) is 5.58. The van der Waals surface area contributed by atoms with Crippen LogP contribution in [0, 0.1) is 5.92 Å². The Morgan fingerprint density at radius 2 is 1.93 bits per heavy atom. The first kappa shape index (κ1) is 18.6. The molecule has 2 saturated carbocycles. The van der Waals surface area contributed by atoms with Crippen molar-refractivity contribution < 1.29 is 4.79 Å². The van der Waals surface area contributed by atoms with Gasteiger partial charge in [0.05, 0.1) is 5.52 Å². The Bertz CT molecular complexity index is 807. The van der Waals surface area contributed by atoms with E-state index in [0.717, 1.165) is 36.7 Å². The molecule has 0 radical (unpaired) electrons. The lowest BCUT2D eigenvalue weighted by atomic mass is 10.1. The van der Waals surface area contributed by atoms with Crippen molar-refractivity contribution >= 4 is 16.7 Å². The van der Waals surface area contributed by atoms with E-state index in [0.29, 0.717) is 11.7 Å². The summed E-state index contributed by atoms with van der Waals surface area (Å²) in [5, 5.41) is 1.30. The number of aromatic nitrogens is 1. The van der Waals surface area contributed by atoms with Gasteiger partial charge in [0.1, 0.15) is 5.78 Å². The molecule has 1 atom stereocenters. The van der Waals surface area contributed by atoms with Crippen LogP contribution < -0.4 is 0 Å². The van der Waals surface area contributed by atoms with E-state index in [1.54, 1.807) is 6.92 Å². The summed E-state index contributed by atoms with van der Waals surface area (Å²) in [5.41, 5.74) is 3.90. The minimum atomic E-state index is 0.370. The van der Waals surface area contributed by atoms with Crippen LogP contribution in [0.2, 0.25) is 0 Å². The topological polar surface area (TPSA) is 33.2 Å². The minimum absolute atomic E-state index is 0.370. The highest BCUT2D eigenvalue weighted by Crippen LogP contribution is 2.39. The fourth-order valence-corrected chi connectivity index (χ4v) is 4.04. The highest BCUT2D eigenvalue weighted by atomic mass is 16.1. The van der Waals surface area contributed by atoms with E-state index in [1.807, 2.05) is 0 Å². The fourth-order valence-electron chi connectivity index (χ4n) is 4.04. The van der Waals surface area contributed by atoms with E-state index >= 15 is 0 Å². The van der Waals surface area contributed by atoms with Gasteiger partial charge < -0.3 is 4.90 Å². The lowest BCUT2D eigenvalue weighted by molar-refractivity contribution is -0.118. The lowest BCUT2D eigenvalue weighted by Crippen LogP contribution is -2.28. The number of nitrogens with zero attached hydrogens (tertiary/aromatic N) is 2. The fraction of sp³-hybridized carbons (Fsp3) is 0.583. The second-order valence-corrected chi connectivity index (χ2v) is 8.70. The van der Waals surface area contributed by atoms with E-state index < -0.39 is 0 Å². The van der Waals surface area contributed by atoms with Crippen molar-refractivity contribution in [1.29, 1.82) is 0 Å². The number of rotatable bonds is 5. The Morgan fingerprint density at radius 3 is 2.52 bits per heavy atom. The summed E-state index contributed by atoms with van der Waals surface area (Å²) in [7, 11) is 0.